The molecule has 0 bridgehead atoms. The summed E-state index contributed by atoms with van der Waals surface area (Å²) in [5.41, 5.74) is 7.26. The number of likely N-dealkylation sites (N-methyl/N-ethyl adjacent to an activating group) is 1. The second-order valence-electron chi connectivity index (χ2n) is 4.43. The van der Waals surface area contributed by atoms with Crippen molar-refractivity contribution in [2.45, 2.75) is 6.42 Å². The average Bonchev–Trinajstić information content (AvgIpc) is 2.35. The molecule has 0 aliphatic carbocycles. The summed E-state index contributed by atoms with van der Waals surface area (Å²) in [6, 6.07) is 1.32. The minimum absolute atomic E-state index is 0.0328. The molecule has 0 aliphatic heterocycles. The molecule has 0 aromatic heterocycles. The Bertz CT molecular complexity index is 475. The van der Waals surface area contributed by atoms with Crippen LogP contribution in [0.1, 0.15) is 5.56 Å². The minimum Gasteiger partial charge on any atom is -0.494 e. The molecule has 1 aromatic rings. The lowest BCUT2D eigenvalue weighted by Gasteiger charge is -2.17. The third-order valence-corrected chi connectivity index (χ3v) is 2.85. The molecule has 0 saturated heterocycles. The summed E-state index contributed by atoms with van der Waals surface area (Å²) in [6.45, 7) is 0.742. The van der Waals surface area contributed by atoms with Gasteiger partial charge in [-0.05, 0) is 20.5 Å². The van der Waals surface area contributed by atoms with E-state index < -0.39 is 4.92 Å². The Morgan fingerprint density at radius 1 is 1.53 bits per heavy atom. The van der Waals surface area contributed by atoms with Crippen LogP contribution in [0.3, 0.4) is 0 Å². The molecule has 7 nitrogen and oxygen atoms in total. The van der Waals surface area contributed by atoms with E-state index >= 15 is 0 Å². The molecule has 1 rings (SSSR count). The molecule has 106 valence electrons. The SMILES string of the molecule is CNc1c([N+](=O)[O-])cc(N)c(OC)c1CCN(C)C. The summed E-state index contributed by atoms with van der Waals surface area (Å²) < 4.78 is 5.28. The number of rotatable bonds is 6. The molecule has 0 unspecified atom stereocenters. The monoisotopic (exact) mass is 268 g/mol. The number of nitrogen functional groups attached to an aromatic ring is 1. The van der Waals surface area contributed by atoms with Crippen molar-refractivity contribution in [2.75, 3.05) is 45.8 Å². The van der Waals surface area contributed by atoms with Gasteiger partial charge in [-0.25, -0.2) is 0 Å². The summed E-state index contributed by atoms with van der Waals surface area (Å²) in [4.78, 5) is 12.6. The number of nitrogens with two attached hydrogens (primary N) is 1. The quantitative estimate of drug-likeness (QED) is 0.459. The van der Waals surface area contributed by atoms with Crippen LogP contribution in [0.25, 0.3) is 0 Å². The minimum atomic E-state index is -0.444. The van der Waals surface area contributed by atoms with Gasteiger partial charge in [-0.3, -0.25) is 10.1 Å². The van der Waals surface area contributed by atoms with Gasteiger partial charge in [-0.1, -0.05) is 0 Å². The Balaban J connectivity index is 3.39. The van der Waals surface area contributed by atoms with Crippen LogP contribution in [-0.4, -0.2) is 44.6 Å². The lowest BCUT2D eigenvalue weighted by Crippen LogP contribution is -2.17. The standard InChI is InChI=1S/C12H20N4O3/c1-14-11-8(5-6-15(2)3)12(19-4)9(13)7-10(11)16(17)18/h7,14H,5-6,13H2,1-4H3. The van der Waals surface area contributed by atoms with E-state index in [2.05, 4.69) is 5.32 Å². The highest BCUT2D eigenvalue weighted by molar-refractivity contribution is 5.77. The Kier molecular flexibility index (Phi) is 4.94. The molecule has 7 heteroatoms. The van der Waals surface area contributed by atoms with Gasteiger partial charge in [-0.2, -0.15) is 0 Å². The zero-order valence-electron chi connectivity index (χ0n) is 11.7. The Morgan fingerprint density at radius 3 is 2.58 bits per heavy atom. The third-order valence-electron chi connectivity index (χ3n) is 2.85. The van der Waals surface area contributed by atoms with Crippen LogP contribution >= 0.6 is 0 Å². The number of nitro groups is 1. The first-order valence-electron chi connectivity index (χ1n) is 5.88. The third kappa shape index (κ3) is 3.25. The van der Waals surface area contributed by atoms with Crippen LogP contribution < -0.4 is 15.8 Å². The predicted octanol–water partition coefficient (Wildman–Crippen LogP) is 1.33. The second-order valence-corrected chi connectivity index (χ2v) is 4.43. The molecule has 0 heterocycles. The summed E-state index contributed by atoms with van der Waals surface area (Å²) in [7, 11) is 7.03. The summed E-state index contributed by atoms with van der Waals surface area (Å²) in [5.74, 6) is 0.497. The highest BCUT2D eigenvalue weighted by Crippen LogP contribution is 2.40. The number of anilines is 2. The van der Waals surface area contributed by atoms with E-state index in [0.717, 1.165) is 12.1 Å². The van der Waals surface area contributed by atoms with Gasteiger partial charge < -0.3 is 20.7 Å². The van der Waals surface area contributed by atoms with Crippen LogP contribution in [0.5, 0.6) is 5.75 Å². The van der Waals surface area contributed by atoms with E-state index in [-0.39, 0.29) is 11.4 Å². The summed E-state index contributed by atoms with van der Waals surface area (Å²) >= 11 is 0. The summed E-state index contributed by atoms with van der Waals surface area (Å²) in [5, 5.41) is 14.0. The van der Waals surface area contributed by atoms with Crippen LogP contribution in [-0.2, 0) is 6.42 Å². The first-order valence-corrected chi connectivity index (χ1v) is 5.88. The maximum atomic E-state index is 11.1. The topological polar surface area (TPSA) is 93.7 Å². The first-order chi connectivity index (χ1) is 8.92. The lowest BCUT2D eigenvalue weighted by atomic mass is 10.0. The van der Waals surface area contributed by atoms with Gasteiger partial charge in [-0.15, -0.1) is 0 Å². The van der Waals surface area contributed by atoms with E-state index in [1.165, 1.54) is 13.2 Å². The van der Waals surface area contributed by atoms with Gasteiger partial charge in [0, 0.05) is 25.2 Å². The normalized spacial score (nSPS) is 10.6. The second kappa shape index (κ2) is 6.24. The smallest absolute Gasteiger partial charge is 0.294 e. The number of methoxy groups -OCH3 is 1. The molecule has 0 amide bonds. The van der Waals surface area contributed by atoms with Crippen molar-refractivity contribution in [1.29, 1.82) is 0 Å². The highest BCUT2D eigenvalue weighted by Gasteiger charge is 2.23. The number of nitrogens with one attached hydrogen (secondary N) is 1. The van der Waals surface area contributed by atoms with Gasteiger partial charge in [0.2, 0.25) is 0 Å². The fourth-order valence-corrected chi connectivity index (χ4v) is 1.97. The maximum Gasteiger partial charge on any atom is 0.294 e. The lowest BCUT2D eigenvalue weighted by molar-refractivity contribution is -0.383. The highest BCUT2D eigenvalue weighted by atomic mass is 16.6. The number of benzene rings is 1. The maximum absolute atomic E-state index is 11.1. The number of ether oxygens (including phenoxy) is 1. The fourth-order valence-electron chi connectivity index (χ4n) is 1.97. The zero-order chi connectivity index (χ0) is 14.6. The van der Waals surface area contributed by atoms with Gasteiger partial charge in [0.05, 0.1) is 17.7 Å². The van der Waals surface area contributed by atoms with Crippen molar-refractivity contribution in [3.05, 3.63) is 21.7 Å². The fraction of sp³-hybridized carbons (Fsp3) is 0.500. The van der Waals surface area contributed by atoms with Crippen molar-refractivity contribution in [3.8, 4) is 5.75 Å². The molecular formula is C12H20N4O3. The van der Waals surface area contributed by atoms with Gasteiger partial charge in [0.25, 0.3) is 5.69 Å². The van der Waals surface area contributed by atoms with E-state index in [9.17, 15) is 10.1 Å². The predicted molar refractivity (Wildman–Crippen MR) is 75.9 cm³/mol. The molecule has 3 N–H and O–H groups in total. The number of nitrogens with zero attached hydrogens (tertiary/aromatic N) is 2. The van der Waals surface area contributed by atoms with Gasteiger partial charge in [0.15, 0.2) is 0 Å². The van der Waals surface area contributed by atoms with Crippen LogP contribution in [0.15, 0.2) is 6.07 Å². The van der Waals surface area contributed by atoms with Gasteiger partial charge in [0.1, 0.15) is 11.4 Å². The molecule has 0 saturated carbocycles. The van der Waals surface area contributed by atoms with Crippen molar-refractivity contribution in [3.63, 3.8) is 0 Å². The first kappa shape index (κ1) is 15.0. The van der Waals surface area contributed by atoms with Gasteiger partial charge >= 0.3 is 0 Å². The van der Waals surface area contributed by atoms with E-state index in [1.807, 2.05) is 19.0 Å². The average molecular weight is 268 g/mol. The number of hydrogen-bond acceptors (Lipinski definition) is 6. The summed E-state index contributed by atoms with van der Waals surface area (Å²) in [6.07, 6.45) is 0.609. The molecule has 0 radical (unpaired) electrons. The Labute approximate surface area is 112 Å². The van der Waals surface area contributed by atoms with E-state index in [4.69, 9.17) is 10.5 Å². The van der Waals surface area contributed by atoms with Crippen molar-refractivity contribution >= 4 is 17.1 Å². The van der Waals surface area contributed by atoms with Crippen LogP contribution in [0.2, 0.25) is 0 Å². The molecule has 0 aliphatic rings. The van der Waals surface area contributed by atoms with Crippen LogP contribution in [0.4, 0.5) is 17.1 Å². The molecule has 0 atom stereocenters. The largest absolute Gasteiger partial charge is 0.494 e. The van der Waals surface area contributed by atoms with Crippen molar-refractivity contribution in [1.82, 2.24) is 4.90 Å². The Hall–Kier alpha value is -2.02. The van der Waals surface area contributed by atoms with E-state index in [1.54, 1.807) is 7.05 Å². The molecule has 1 aromatic carbocycles. The van der Waals surface area contributed by atoms with E-state index in [0.29, 0.717) is 17.9 Å². The van der Waals surface area contributed by atoms with Crippen LogP contribution in [0, 0.1) is 10.1 Å². The molecular weight excluding hydrogens is 248 g/mol. The molecule has 19 heavy (non-hydrogen) atoms. The number of hydrogen-bond donors (Lipinski definition) is 2. The molecule has 0 fully saturated rings. The van der Waals surface area contributed by atoms with Crippen molar-refractivity contribution < 1.29 is 9.66 Å². The Morgan fingerprint density at radius 2 is 2.16 bits per heavy atom. The number of nitro benzene ring substituents is 1. The zero-order valence-corrected chi connectivity index (χ0v) is 11.7. The van der Waals surface area contributed by atoms with Crippen molar-refractivity contribution in [2.24, 2.45) is 0 Å². The molecule has 0 spiro atoms.